The summed E-state index contributed by atoms with van der Waals surface area (Å²) in [5.74, 6) is 0.309. The van der Waals surface area contributed by atoms with Crippen LogP contribution >= 0.6 is 35.4 Å². The Labute approximate surface area is 167 Å². The Bertz CT molecular complexity index is 787. The molecule has 0 aliphatic rings. The van der Waals surface area contributed by atoms with Gasteiger partial charge < -0.3 is 20.5 Å². The number of hydrogen-bond donors (Lipinski definition) is 3. The number of ether oxygens (including phenoxy) is 1. The van der Waals surface area contributed by atoms with Crippen molar-refractivity contribution in [2.75, 3.05) is 11.9 Å². The second kappa shape index (κ2) is 10.3. The molecule has 0 aromatic heterocycles. The first kappa shape index (κ1) is 20.5. The molecule has 0 radical (unpaired) electrons. The first-order chi connectivity index (χ1) is 12.5. The van der Waals surface area contributed by atoms with Crippen LogP contribution in [0.1, 0.15) is 18.4 Å². The third kappa shape index (κ3) is 6.80. The molecule has 0 aliphatic heterocycles. The summed E-state index contributed by atoms with van der Waals surface area (Å²) in [5.41, 5.74) is 1.45. The van der Waals surface area contributed by atoms with Crippen LogP contribution in [0.4, 0.5) is 5.69 Å². The number of aliphatic hydroxyl groups is 1. The standard InChI is InChI=1S/C18H18Cl2N2O3S/c19-13-6-7-16(15(20)10-13)25-8-2-5-17(24)22-18(26)21-14-4-1-3-12(9-14)11-23/h1,3-4,6-7,9-10,23H,2,5,8,11H2,(H2,21,22,24,26). The molecule has 5 nitrogen and oxygen atoms in total. The molecule has 0 bridgehead atoms. The van der Waals surface area contributed by atoms with E-state index in [1.54, 1.807) is 42.5 Å². The molecule has 3 N–H and O–H groups in total. The molecule has 0 saturated heterocycles. The van der Waals surface area contributed by atoms with Crippen LogP contribution < -0.4 is 15.4 Å². The van der Waals surface area contributed by atoms with Gasteiger partial charge in [0.25, 0.3) is 0 Å². The minimum atomic E-state index is -0.216. The Morgan fingerprint density at radius 3 is 2.73 bits per heavy atom. The normalized spacial score (nSPS) is 10.3. The van der Waals surface area contributed by atoms with E-state index in [1.165, 1.54) is 0 Å². The molecule has 138 valence electrons. The number of hydrogen-bond acceptors (Lipinski definition) is 4. The molecule has 0 heterocycles. The lowest BCUT2D eigenvalue weighted by molar-refractivity contribution is -0.119. The van der Waals surface area contributed by atoms with Gasteiger partial charge in [-0.3, -0.25) is 4.79 Å². The van der Waals surface area contributed by atoms with E-state index < -0.39 is 0 Å². The van der Waals surface area contributed by atoms with E-state index in [4.69, 9.17) is 45.3 Å². The SMILES string of the molecule is O=C(CCCOc1ccc(Cl)cc1Cl)NC(=S)Nc1cccc(CO)c1. The summed E-state index contributed by atoms with van der Waals surface area (Å²) in [6.45, 7) is 0.278. The number of carbonyl (C=O) groups is 1. The number of thiocarbonyl (C=S) groups is 1. The van der Waals surface area contributed by atoms with E-state index in [1.807, 2.05) is 0 Å². The Morgan fingerprint density at radius 2 is 2.00 bits per heavy atom. The molecular weight excluding hydrogens is 395 g/mol. The number of anilines is 1. The van der Waals surface area contributed by atoms with E-state index in [-0.39, 0.29) is 24.0 Å². The molecule has 0 aliphatic carbocycles. The number of halogens is 2. The molecule has 2 aromatic rings. The first-order valence-corrected chi connectivity index (χ1v) is 9.03. The Hall–Kier alpha value is -1.86. The number of aliphatic hydroxyl groups excluding tert-OH is 1. The van der Waals surface area contributed by atoms with Gasteiger partial charge in [-0.1, -0.05) is 35.3 Å². The van der Waals surface area contributed by atoms with Crippen LogP contribution in [0.5, 0.6) is 5.75 Å². The second-order valence-corrected chi connectivity index (χ2v) is 6.64. The van der Waals surface area contributed by atoms with Crippen molar-refractivity contribution < 1.29 is 14.6 Å². The van der Waals surface area contributed by atoms with Crippen molar-refractivity contribution in [3.63, 3.8) is 0 Å². The number of carbonyl (C=O) groups excluding carboxylic acids is 1. The lowest BCUT2D eigenvalue weighted by Crippen LogP contribution is -2.34. The second-order valence-electron chi connectivity index (χ2n) is 5.39. The predicted octanol–water partition coefficient (Wildman–Crippen LogP) is 4.16. The molecular formula is C18H18Cl2N2O3S. The van der Waals surface area contributed by atoms with Gasteiger partial charge in [-0.15, -0.1) is 0 Å². The number of nitrogens with one attached hydrogen (secondary N) is 2. The van der Waals surface area contributed by atoms with Crippen molar-refractivity contribution in [2.24, 2.45) is 0 Å². The Kier molecular flexibility index (Phi) is 8.12. The molecule has 0 saturated carbocycles. The van der Waals surface area contributed by atoms with Crippen molar-refractivity contribution in [3.05, 3.63) is 58.1 Å². The van der Waals surface area contributed by atoms with E-state index >= 15 is 0 Å². The summed E-state index contributed by atoms with van der Waals surface area (Å²) in [4.78, 5) is 11.9. The Balaban J connectivity index is 1.70. The lowest BCUT2D eigenvalue weighted by atomic mass is 10.2. The monoisotopic (exact) mass is 412 g/mol. The largest absolute Gasteiger partial charge is 0.492 e. The Morgan fingerprint density at radius 1 is 1.19 bits per heavy atom. The molecule has 8 heteroatoms. The highest BCUT2D eigenvalue weighted by molar-refractivity contribution is 7.80. The summed E-state index contributed by atoms with van der Waals surface area (Å²) in [6, 6.07) is 12.1. The van der Waals surface area contributed by atoms with Crippen LogP contribution in [0, 0.1) is 0 Å². The molecule has 2 rings (SSSR count). The first-order valence-electron chi connectivity index (χ1n) is 7.86. The highest BCUT2D eigenvalue weighted by Gasteiger charge is 2.07. The fourth-order valence-electron chi connectivity index (χ4n) is 2.11. The van der Waals surface area contributed by atoms with Crippen molar-refractivity contribution in [3.8, 4) is 5.75 Å². The average Bonchev–Trinajstić information content (AvgIpc) is 2.60. The topological polar surface area (TPSA) is 70.6 Å². The predicted molar refractivity (Wildman–Crippen MR) is 108 cm³/mol. The lowest BCUT2D eigenvalue weighted by Gasteiger charge is -2.11. The maximum atomic E-state index is 11.9. The third-order valence-electron chi connectivity index (χ3n) is 3.32. The molecule has 0 unspecified atom stereocenters. The van der Waals surface area contributed by atoms with Crippen molar-refractivity contribution in [1.82, 2.24) is 5.32 Å². The zero-order valence-corrected chi connectivity index (χ0v) is 16.1. The van der Waals surface area contributed by atoms with Crippen molar-refractivity contribution in [2.45, 2.75) is 19.4 Å². The van der Waals surface area contributed by atoms with Crippen LogP contribution in [0.25, 0.3) is 0 Å². The van der Waals surface area contributed by atoms with Crippen molar-refractivity contribution >= 4 is 52.1 Å². The maximum absolute atomic E-state index is 11.9. The molecule has 26 heavy (non-hydrogen) atoms. The minimum Gasteiger partial charge on any atom is -0.492 e. The van der Waals surface area contributed by atoms with E-state index in [0.717, 1.165) is 5.56 Å². The number of amides is 1. The molecule has 1 amide bonds. The summed E-state index contributed by atoms with van der Waals surface area (Å²) >= 11 is 16.9. The van der Waals surface area contributed by atoms with Gasteiger partial charge in [0.15, 0.2) is 5.11 Å². The van der Waals surface area contributed by atoms with Crippen LogP contribution in [-0.2, 0) is 11.4 Å². The molecule has 0 spiro atoms. The van der Waals surface area contributed by atoms with E-state index in [0.29, 0.717) is 34.5 Å². The third-order valence-corrected chi connectivity index (χ3v) is 4.05. The zero-order valence-electron chi connectivity index (χ0n) is 13.8. The smallest absolute Gasteiger partial charge is 0.226 e. The summed E-state index contributed by atoms with van der Waals surface area (Å²) < 4.78 is 5.53. The van der Waals surface area contributed by atoms with Crippen molar-refractivity contribution in [1.29, 1.82) is 0 Å². The molecule has 0 atom stereocenters. The number of benzene rings is 2. The molecule has 0 fully saturated rings. The maximum Gasteiger partial charge on any atom is 0.226 e. The van der Waals surface area contributed by atoms with Gasteiger partial charge in [-0.05, 0) is 54.5 Å². The summed E-state index contributed by atoms with van der Waals surface area (Å²) in [5, 5.41) is 15.8. The van der Waals surface area contributed by atoms with Crippen LogP contribution in [0.15, 0.2) is 42.5 Å². The van der Waals surface area contributed by atoms with Gasteiger partial charge in [0.05, 0.1) is 18.2 Å². The zero-order chi connectivity index (χ0) is 18.9. The fraction of sp³-hybridized carbons (Fsp3) is 0.222. The average molecular weight is 413 g/mol. The van der Waals surface area contributed by atoms with Gasteiger partial charge in [0.1, 0.15) is 5.75 Å². The van der Waals surface area contributed by atoms with Gasteiger partial charge in [0, 0.05) is 17.1 Å². The van der Waals surface area contributed by atoms with Crippen LogP contribution in [0.3, 0.4) is 0 Å². The molecule has 2 aromatic carbocycles. The summed E-state index contributed by atoms with van der Waals surface area (Å²) in [7, 11) is 0. The quantitative estimate of drug-likeness (QED) is 0.470. The van der Waals surface area contributed by atoms with Gasteiger partial charge >= 0.3 is 0 Å². The number of rotatable bonds is 7. The minimum absolute atomic E-state index is 0.0632. The van der Waals surface area contributed by atoms with E-state index in [9.17, 15) is 4.79 Å². The van der Waals surface area contributed by atoms with Gasteiger partial charge in [0.2, 0.25) is 5.91 Å². The fourth-order valence-corrected chi connectivity index (χ4v) is 2.80. The van der Waals surface area contributed by atoms with Crippen LogP contribution in [-0.4, -0.2) is 22.7 Å². The van der Waals surface area contributed by atoms with Gasteiger partial charge in [-0.2, -0.15) is 0 Å². The highest BCUT2D eigenvalue weighted by atomic mass is 35.5. The van der Waals surface area contributed by atoms with Crippen LogP contribution in [0.2, 0.25) is 10.0 Å². The highest BCUT2D eigenvalue weighted by Crippen LogP contribution is 2.27. The van der Waals surface area contributed by atoms with Gasteiger partial charge in [-0.25, -0.2) is 0 Å². The van der Waals surface area contributed by atoms with E-state index in [2.05, 4.69) is 10.6 Å². The summed E-state index contributed by atoms with van der Waals surface area (Å²) in [6.07, 6.45) is 0.761.